The van der Waals surface area contributed by atoms with Gasteiger partial charge < -0.3 is 15.1 Å². The minimum absolute atomic E-state index is 0.00982. The van der Waals surface area contributed by atoms with Crippen LogP contribution in [0.25, 0.3) is 11.5 Å². The summed E-state index contributed by atoms with van der Waals surface area (Å²) in [6, 6.07) is 6.02. The highest BCUT2D eigenvalue weighted by molar-refractivity contribution is 7.99. The largest absolute Gasteiger partial charge is 0.411 e. The van der Waals surface area contributed by atoms with E-state index in [2.05, 4.69) is 20.8 Å². The zero-order valence-electron chi connectivity index (χ0n) is 11.6. The summed E-state index contributed by atoms with van der Waals surface area (Å²) in [5.41, 5.74) is 0.200. The molecule has 0 aliphatic rings. The molecule has 2 N–H and O–H groups in total. The van der Waals surface area contributed by atoms with E-state index in [4.69, 9.17) is 4.42 Å². The standard InChI is InChI=1S/C13H13FN4O3S/c1-15-10(19)6-16-11(20)7-22-13-18-17-12(21-13)8-4-2-3-5-9(8)14/h2-5H,6-7H2,1H3,(H,15,19)(H,16,20). The lowest BCUT2D eigenvalue weighted by atomic mass is 10.2. The molecule has 0 spiro atoms. The van der Waals surface area contributed by atoms with Crippen molar-refractivity contribution in [1.29, 1.82) is 0 Å². The zero-order chi connectivity index (χ0) is 15.9. The SMILES string of the molecule is CNC(=O)CNC(=O)CSc1nnc(-c2ccccc2F)o1. The predicted octanol–water partition coefficient (Wildman–Crippen LogP) is 0.830. The van der Waals surface area contributed by atoms with Gasteiger partial charge in [-0.2, -0.15) is 0 Å². The number of halogens is 1. The van der Waals surface area contributed by atoms with E-state index in [1.807, 2.05) is 0 Å². The maximum absolute atomic E-state index is 13.6. The number of carbonyl (C=O) groups is 2. The maximum Gasteiger partial charge on any atom is 0.277 e. The number of hydrogen-bond donors (Lipinski definition) is 2. The summed E-state index contributed by atoms with van der Waals surface area (Å²) in [5, 5.41) is 12.4. The molecule has 0 unspecified atom stereocenters. The van der Waals surface area contributed by atoms with E-state index in [0.717, 1.165) is 11.8 Å². The fourth-order valence-corrected chi connectivity index (χ4v) is 2.05. The number of amides is 2. The van der Waals surface area contributed by atoms with Gasteiger partial charge in [-0.05, 0) is 12.1 Å². The van der Waals surface area contributed by atoms with Crippen molar-refractivity contribution in [1.82, 2.24) is 20.8 Å². The van der Waals surface area contributed by atoms with Crippen molar-refractivity contribution in [2.75, 3.05) is 19.3 Å². The Morgan fingerprint density at radius 2 is 2.05 bits per heavy atom. The molecule has 1 aromatic heterocycles. The summed E-state index contributed by atoms with van der Waals surface area (Å²) in [6.07, 6.45) is 0. The van der Waals surface area contributed by atoms with E-state index >= 15 is 0 Å². The van der Waals surface area contributed by atoms with Gasteiger partial charge in [0.05, 0.1) is 17.9 Å². The molecule has 0 saturated carbocycles. The molecule has 0 saturated heterocycles. The van der Waals surface area contributed by atoms with Gasteiger partial charge in [-0.15, -0.1) is 10.2 Å². The predicted molar refractivity (Wildman–Crippen MR) is 77.5 cm³/mol. The fraction of sp³-hybridized carbons (Fsp3) is 0.231. The summed E-state index contributed by atoms with van der Waals surface area (Å²) >= 11 is 1.00. The minimum atomic E-state index is -0.467. The quantitative estimate of drug-likeness (QED) is 0.764. The van der Waals surface area contributed by atoms with Crippen LogP contribution < -0.4 is 10.6 Å². The lowest BCUT2D eigenvalue weighted by molar-refractivity contribution is -0.124. The van der Waals surface area contributed by atoms with E-state index in [1.54, 1.807) is 12.1 Å². The minimum Gasteiger partial charge on any atom is -0.411 e. The van der Waals surface area contributed by atoms with Crippen molar-refractivity contribution in [2.24, 2.45) is 0 Å². The number of carbonyl (C=O) groups excluding carboxylic acids is 2. The second kappa shape index (κ2) is 7.55. The van der Waals surface area contributed by atoms with Crippen LogP contribution in [0.4, 0.5) is 4.39 Å². The van der Waals surface area contributed by atoms with Gasteiger partial charge in [0, 0.05) is 7.05 Å². The van der Waals surface area contributed by atoms with Crippen LogP contribution >= 0.6 is 11.8 Å². The second-order valence-electron chi connectivity index (χ2n) is 4.09. The second-order valence-corrected chi connectivity index (χ2v) is 5.02. The lowest BCUT2D eigenvalue weighted by Gasteiger charge is -2.02. The van der Waals surface area contributed by atoms with Crippen LogP contribution in [0.1, 0.15) is 0 Å². The number of likely N-dealkylation sites (N-methyl/N-ethyl adjacent to an activating group) is 1. The summed E-state index contributed by atoms with van der Waals surface area (Å²) in [4.78, 5) is 22.5. The van der Waals surface area contributed by atoms with Crippen molar-refractivity contribution < 1.29 is 18.4 Å². The highest BCUT2D eigenvalue weighted by Gasteiger charge is 2.14. The number of nitrogens with one attached hydrogen (secondary N) is 2. The van der Waals surface area contributed by atoms with Gasteiger partial charge in [-0.1, -0.05) is 23.9 Å². The third kappa shape index (κ3) is 4.29. The zero-order valence-corrected chi connectivity index (χ0v) is 12.4. The maximum atomic E-state index is 13.6. The van der Waals surface area contributed by atoms with Crippen LogP contribution in [0.2, 0.25) is 0 Å². The van der Waals surface area contributed by atoms with Crippen molar-refractivity contribution in [3.63, 3.8) is 0 Å². The molecule has 0 aliphatic heterocycles. The normalized spacial score (nSPS) is 10.3. The highest BCUT2D eigenvalue weighted by atomic mass is 32.2. The van der Waals surface area contributed by atoms with Gasteiger partial charge in [0.25, 0.3) is 11.1 Å². The van der Waals surface area contributed by atoms with Gasteiger partial charge in [-0.3, -0.25) is 9.59 Å². The van der Waals surface area contributed by atoms with Crippen LogP contribution in [0.15, 0.2) is 33.9 Å². The Morgan fingerprint density at radius 1 is 1.27 bits per heavy atom. The molecule has 2 amide bonds. The van der Waals surface area contributed by atoms with E-state index in [9.17, 15) is 14.0 Å². The molecule has 0 bridgehead atoms. The Morgan fingerprint density at radius 3 is 2.77 bits per heavy atom. The van der Waals surface area contributed by atoms with Gasteiger partial charge >= 0.3 is 0 Å². The Hall–Kier alpha value is -2.42. The molecular formula is C13H13FN4O3S. The van der Waals surface area contributed by atoms with Crippen molar-refractivity contribution in [2.45, 2.75) is 5.22 Å². The highest BCUT2D eigenvalue weighted by Crippen LogP contribution is 2.24. The third-order valence-corrected chi connectivity index (χ3v) is 3.38. The lowest BCUT2D eigenvalue weighted by Crippen LogP contribution is -2.35. The number of hydrogen-bond acceptors (Lipinski definition) is 6. The summed E-state index contributed by atoms with van der Waals surface area (Å²) in [7, 11) is 1.48. The Labute approximate surface area is 129 Å². The first-order valence-corrected chi connectivity index (χ1v) is 7.27. The smallest absolute Gasteiger partial charge is 0.277 e. The first-order valence-electron chi connectivity index (χ1n) is 6.28. The molecule has 7 nitrogen and oxygen atoms in total. The van der Waals surface area contributed by atoms with Gasteiger partial charge in [0.2, 0.25) is 11.8 Å². The van der Waals surface area contributed by atoms with Crippen LogP contribution in [0, 0.1) is 5.82 Å². The first kappa shape index (κ1) is 16.0. The average molecular weight is 324 g/mol. The number of nitrogens with zero attached hydrogens (tertiary/aromatic N) is 2. The van der Waals surface area contributed by atoms with E-state index < -0.39 is 5.82 Å². The molecule has 2 rings (SSSR count). The van der Waals surface area contributed by atoms with Crippen molar-refractivity contribution in [3.8, 4) is 11.5 Å². The number of aromatic nitrogens is 2. The van der Waals surface area contributed by atoms with Gasteiger partial charge in [0.1, 0.15) is 5.82 Å². The number of benzene rings is 1. The monoisotopic (exact) mass is 324 g/mol. The number of rotatable bonds is 6. The Kier molecular flexibility index (Phi) is 5.48. The van der Waals surface area contributed by atoms with Crippen LogP contribution in [-0.2, 0) is 9.59 Å². The van der Waals surface area contributed by atoms with Gasteiger partial charge in [-0.25, -0.2) is 4.39 Å². The molecule has 0 radical (unpaired) electrons. The molecule has 116 valence electrons. The van der Waals surface area contributed by atoms with Crippen molar-refractivity contribution in [3.05, 3.63) is 30.1 Å². The Balaban J connectivity index is 1.89. The summed E-state index contributed by atoms with van der Waals surface area (Å²) < 4.78 is 18.9. The van der Waals surface area contributed by atoms with Crippen molar-refractivity contribution >= 4 is 23.6 Å². The molecule has 1 aromatic carbocycles. The van der Waals surface area contributed by atoms with Crippen LogP contribution in [0.5, 0.6) is 0 Å². The fourth-order valence-electron chi connectivity index (χ4n) is 1.46. The Bertz CT molecular complexity index is 677. The molecule has 0 aliphatic carbocycles. The molecule has 0 fully saturated rings. The van der Waals surface area contributed by atoms with E-state index in [1.165, 1.54) is 19.2 Å². The summed E-state index contributed by atoms with van der Waals surface area (Å²) in [5.74, 6) is -1.05. The molecule has 2 aromatic rings. The molecule has 0 atom stereocenters. The van der Waals surface area contributed by atoms with E-state index in [0.29, 0.717) is 0 Å². The number of thioether (sulfide) groups is 1. The average Bonchev–Trinajstić information content (AvgIpc) is 2.99. The molecule has 9 heteroatoms. The molecular weight excluding hydrogens is 311 g/mol. The molecule has 22 heavy (non-hydrogen) atoms. The topological polar surface area (TPSA) is 97.1 Å². The van der Waals surface area contributed by atoms with Crippen LogP contribution in [0.3, 0.4) is 0 Å². The van der Waals surface area contributed by atoms with Crippen LogP contribution in [-0.4, -0.2) is 41.4 Å². The summed E-state index contributed by atoms with van der Waals surface area (Å²) in [6.45, 7) is -0.0970. The van der Waals surface area contributed by atoms with Gasteiger partial charge in [0.15, 0.2) is 0 Å². The third-order valence-electron chi connectivity index (χ3n) is 2.56. The molecule has 1 heterocycles. The first-order chi connectivity index (χ1) is 10.6. The van der Waals surface area contributed by atoms with E-state index in [-0.39, 0.29) is 40.8 Å².